The van der Waals surface area contributed by atoms with Gasteiger partial charge in [0.15, 0.2) is 0 Å². The number of rotatable bonds is 3. The molecule has 0 saturated carbocycles. The van der Waals surface area contributed by atoms with Crippen LogP contribution < -0.4 is 4.90 Å². The van der Waals surface area contributed by atoms with E-state index in [2.05, 4.69) is 66.5 Å². The first-order chi connectivity index (χ1) is 11.8. The summed E-state index contributed by atoms with van der Waals surface area (Å²) in [6, 6.07) is 18.7. The van der Waals surface area contributed by atoms with Crippen LogP contribution in [0.2, 0.25) is 0 Å². The van der Waals surface area contributed by atoms with Gasteiger partial charge in [0, 0.05) is 13.1 Å². The first-order valence-corrected chi connectivity index (χ1v) is 8.43. The highest BCUT2D eigenvalue weighted by molar-refractivity contribution is 5.61. The van der Waals surface area contributed by atoms with Crippen LogP contribution in [0, 0.1) is 18.3 Å². The Kier molecular flexibility index (Phi) is 5.13. The van der Waals surface area contributed by atoms with E-state index >= 15 is 0 Å². The lowest BCUT2D eigenvalue weighted by Crippen LogP contribution is -2.31. The third-order valence-corrected chi connectivity index (χ3v) is 4.44. The van der Waals surface area contributed by atoms with Crippen LogP contribution in [0.5, 0.6) is 0 Å². The zero-order valence-corrected chi connectivity index (χ0v) is 14.1. The van der Waals surface area contributed by atoms with Crippen molar-refractivity contribution in [3.8, 4) is 6.07 Å². The molecule has 0 radical (unpaired) electrons. The van der Waals surface area contributed by atoms with Gasteiger partial charge >= 0.3 is 0 Å². The molecule has 3 rings (SSSR count). The number of nitriles is 1. The third-order valence-electron chi connectivity index (χ3n) is 4.44. The number of hydrogen-bond acceptors (Lipinski definition) is 2. The van der Waals surface area contributed by atoms with Crippen molar-refractivity contribution in [3.05, 3.63) is 82.9 Å². The molecule has 1 saturated heterocycles. The van der Waals surface area contributed by atoms with Crippen LogP contribution in [-0.2, 0) is 0 Å². The van der Waals surface area contributed by atoms with E-state index < -0.39 is 0 Å². The van der Waals surface area contributed by atoms with Crippen molar-refractivity contribution in [1.82, 2.24) is 0 Å². The SMILES string of the molecule is Cc1ccc(C#N)c(N2CCC(=CC=Cc3ccccc3)CC2)c1. The Bertz CT molecular complexity index is 784. The summed E-state index contributed by atoms with van der Waals surface area (Å²) in [6.45, 7) is 4.03. The van der Waals surface area contributed by atoms with Gasteiger partial charge in [-0.25, -0.2) is 0 Å². The molecule has 0 amide bonds. The summed E-state index contributed by atoms with van der Waals surface area (Å²) in [5.41, 5.74) is 5.76. The van der Waals surface area contributed by atoms with Gasteiger partial charge in [-0.05, 0) is 43.0 Å². The highest BCUT2D eigenvalue weighted by Crippen LogP contribution is 2.27. The molecule has 2 aromatic rings. The van der Waals surface area contributed by atoms with Gasteiger partial charge in [-0.2, -0.15) is 5.26 Å². The maximum Gasteiger partial charge on any atom is 0.101 e. The molecule has 2 aromatic carbocycles. The zero-order valence-electron chi connectivity index (χ0n) is 14.1. The standard InChI is InChI=1S/C22H22N2/c1-18-10-11-21(17-23)22(16-18)24-14-12-20(13-15-24)9-5-8-19-6-3-2-4-7-19/h2-11,16H,12-15H2,1H3. The van der Waals surface area contributed by atoms with Crippen LogP contribution in [0.3, 0.4) is 0 Å². The van der Waals surface area contributed by atoms with E-state index in [1.807, 2.05) is 18.2 Å². The molecule has 2 nitrogen and oxygen atoms in total. The van der Waals surface area contributed by atoms with Gasteiger partial charge in [0.05, 0.1) is 11.3 Å². The van der Waals surface area contributed by atoms with Crippen molar-refractivity contribution >= 4 is 11.8 Å². The van der Waals surface area contributed by atoms with Crippen molar-refractivity contribution < 1.29 is 0 Å². The zero-order chi connectivity index (χ0) is 16.8. The normalized spacial score (nSPS) is 14.7. The van der Waals surface area contributed by atoms with Gasteiger partial charge in [-0.3, -0.25) is 0 Å². The Morgan fingerprint density at radius 3 is 2.50 bits per heavy atom. The largest absolute Gasteiger partial charge is 0.370 e. The molecule has 2 heteroatoms. The van der Waals surface area contributed by atoms with E-state index in [1.54, 1.807) is 0 Å². The van der Waals surface area contributed by atoms with Crippen LogP contribution in [0.15, 0.2) is 66.3 Å². The van der Waals surface area contributed by atoms with Crippen molar-refractivity contribution in [2.45, 2.75) is 19.8 Å². The van der Waals surface area contributed by atoms with Crippen molar-refractivity contribution in [2.75, 3.05) is 18.0 Å². The van der Waals surface area contributed by atoms with Gasteiger partial charge < -0.3 is 4.90 Å². The average Bonchev–Trinajstić information content (AvgIpc) is 2.63. The smallest absolute Gasteiger partial charge is 0.101 e. The predicted molar refractivity (Wildman–Crippen MR) is 101 cm³/mol. The monoisotopic (exact) mass is 314 g/mol. The molecule has 0 bridgehead atoms. The minimum Gasteiger partial charge on any atom is -0.370 e. The molecule has 0 atom stereocenters. The van der Waals surface area contributed by atoms with Gasteiger partial charge in [-0.1, -0.05) is 60.2 Å². The lowest BCUT2D eigenvalue weighted by molar-refractivity contribution is 0.684. The van der Waals surface area contributed by atoms with Gasteiger partial charge in [0.1, 0.15) is 6.07 Å². The van der Waals surface area contributed by atoms with Crippen molar-refractivity contribution in [3.63, 3.8) is 0 Å². The summed E-state index contributed by atoms with van der Waals surface area (Å²) in [6.07, 6.45) is 8.64. The minimum absolute atomic E-state index is 0.775. The average molecular weight is 314 g/mol. The fraction of sp³-hybridized carbons (Fsp3) is 0.227. The molecule has 0 unspecified atom stereocenters. The van der Waals surface area contributed by atoms with Crippen LogP contribution >= 0.6 is 0 Å². The van der Waals surface area contributed by atoms with Gasteiger partial charge in [0.2, 0.25) is 0 Å². The Morgan fingerprint density at radius 1 is 1.04 bits per heavy atom. The van der Waals surface area contributed by atoms with Crippen LogP contribution in [0.1, 0.15) is 29.5 Å². The number of benzene rings is 2. The van der Waals surface area contributed by atoms with Crippen molar-refractivity contribution in [1.29, 1.82) is 5.26 Å². The van der Waals surface area contributed by atoms with Gasteiger partial charge in [-0.15, -0.1) is 0 Å². The molecule has 24 heavy (non-hydrogen) atoms. The number of nitrogens with zero attached hydrogens (tertiary/aromatic N) is 2. The first-order valence-electron chi connectivity index (χ1n) is 8.43. The lowest BCUT2D eigenvalue weighted by Gasteiger charge is -2.31. The Labute approximate surface area is 144 Å². The van der Waals surface area contributed by atoms with Crippen LogP contribution in [-0.4, -0.2) is 13.1 Å². The number of piperidine rings is 1. The van der Waals surface area contributed by atoms with E-state index in [4.69, 9.17) is 0 Å². The number of allylic oxidation sites excluding steroid dienone is 2. The summed E-state index contributed by atoms with van der Waals surface area (Å²) in [4.78, 5) is 2.34. The molecule has 1 fully saturated rings. The topological polar surface area (TPSA) is 27.0 Å². The van der Waals surface area contributed by atoms with E-state index in [1.165, 1.54) is 16.7 Å². The molecule has 0 aliphatic carbocycles. The molecule has 1 aliphatic rings. The van der Waals surface area contributed by atoms with E-state index in [0.717, 1.165) is 37.2 Å². The summed E-state index contributed by atoms with van der Waals surface area (Å²) in [5, 5.41) is 9.32. The number of hydrogen-bond donors (Lipinski definition) is 0. The van der Waals surface area contributed by atoms with E-state index in [0.29, 0.717) is 0 Å². The lowest BCUT2D eigenvalue weighted by atomic mass is 10.0. The predicted octanol–water partition coefficient (Wildman–Crippen LogP) is 5.11. The van der Waals surface area contributed by atoms with E-state index in [-0.39, 0.29) is 0 Å². The maximum absolute atomic E-state index is 9.32. The molecule has 0 aromatic heterocycles. The number of aryl methyl sites for hydroxylation is 1. The van der Waals surface area contributed by atoms with Crippen LogP contribution in [0.4, 0.5) is 5.69 Å². The molecular weight excluding hydrogens is 292 g/mol. The molecular formula is C22H22N2. The second kappa shape index (κ2) is 7.66. The van der Waals surface area contributed by atoms with Crippen molar-refractivity contribution in [2.24, 2.45) is 0 Å². The Morgan fingerprint density at radius 2 is 1.79 bits per heavy atom. The Balaban J connectivity index is 1.64. The molecule has 0 N–H and O–H groups in total. The molecule has 0 spiro atoms. The second-order valence-corrected chi connectivity index (χ2v) is 6.21. The van der Waals surface area contributed by atoms with Crippen LogP contribution in [0.25, 0.3) is 6.08 Å². The minimum atomic E-state index is 0.775. The highest BCUT2D eigenvalue weighted by Gasteiger charge is 2.16. The first kappa shape index (κ1) is 16.1. The van der Waals surface area contributed by atoms with Gasteiger partial charge in [0.25, 0.3) is 0 Å². The maximum atomic E-state index is 9.32. The molecule has 1 aliphatic heterocycles. The highest BCUT2D eigenvalue weighted by atomic mass is 15.1. The summed E-state index contributed by atoms with van der Waals surface area (Å²) in [5.74, 6) is 0. The quantitative estimate of drug-likeness (QED) is 0.787. The fourth-order valence-electron chi connectivity index (χ4n) is 3.06. The summed E-state index contributed by atoms with van der Waals surface area (Å²) < 4.78 is 0. The molecule has 120 valence electrons. The second-order valence-electron chi connectivity index (χ2n) is 6.21. The van der Waals surface area contributed by atoms with E-state index in [9.17, 15) is 5.26 Å². The Hall–Kier alpha value is -2.79. The number of anilines is 1. The third kappa shape index (κ3) is 3.94. The summed E-state index contributed by atoms with van der Waals surface area (Å²) in [7, 11) is 0. The molecule has 1 heterocycles. The fourth-order valence-corrected chi connectivity index (χ4v) is 3.06. The summed E-state index contributed by atoms with van der Waals surface area (Å²) >= 11 is 0.